The van der Waals surface area contributed by atoms with Gasteiger partial charge in [-0.15, -0.1) is 0 Å². The lowest BCUT2D eigenvalue weighted by atomic mass is 10.00. The van der Waals surface area contributed by atoms with E-state index in [-0.39, 0.29) is 10.8 Å². The molecule has 7 heteroatoms. The fourth-order valence-electron chi connectivity index (χ4n) is 4.39. The highest BCUT2D eigenvalue weighted by molar-refractivity contribution is 7.89. The summed E-state index contributed by atoms with van der Waals surface area (Å²) in [6.07, 6.45) is 7.21. The van der Waals surface area contributed by atoms with E-state index < -0.39 is 10.0 Å². The van der Waals surface area contributed by atoms with Crippen LogP contribution in [0.5, 0.6) is 0 Å². The number of hydrogen-bond acceptors (Lipinski definition) is 4. The van der Waals surface area contributed by atoms with Gasteiger partial charge in [-0.1, -0.05) is 13.3 Å². The number of benzene rings is 1. The van der Waals surface area contributed by atoms with Crippen LogP contribution in [0.25, 0.3) is 0 Å². The number of anilines is 1. The van der Waals surface area contributed by atoms with Gasteiger partial charge in [0.15, 0.2) is 0 Å². The zero-order valence-corrected chi connectivity index (χ0v) is 17.9. The van der Waals surface area contributed by atoms with E-state index in [9.17, 15) is 13.2 Å². The van der Waals surface area contributed by atoms with Gasteiger partial charge >= 0.3 is 0 Å². The molecule has 0 unspecified atom stereocenters. The molecule has 2 aliphatic rings. The number of carbonyl (C=O) groups excluding carboxylic acids is 1. The van der Waals surface area contributed by atoms with Gasteiger partial charge in [-0.2, -0.15) is 0 Å². The molecule has 0 aromatic heterocycles. The normalized spacial score (nSPS) is 21.4. The largest absolute Gasteiger partial charge is 0.312 e. The van der Waals surface area contributed by atoms with Crippen LogP contribution in [0.2, 0.25) is 0 Å². The number of amides is 1. The lowest BCUT2D eigenvalue weighted by Crippen LogP contribution is -2.40. The van der Waals surface area contributed by atoms with Crippen molar-refractivity contribution < 1.29 is 13.2 Å². The Morgan fingerprint density at radius 2 is 2.00 bits per heavy atom. The first kappa shape index (κ1) is 21.3. The van der Waals surface area contributed by atoms with Crippen LogP contribution in [-0.4, -0.2) is 51.4 Å². The summed E-state index contributed by atoms with van der Waals surface area (Å²) in [6, 6.07) is 5.68. The predicted molar refractivity (Wildman–Crippen MR) is 112 cm³/mol. The fraction of sp³-hybridized carbons (Fsp3) is 0.667. The molecule has 2 aliphatic heterocycles. The molecule has 0 bridgehead atoms. The van der Waals surface area contributed by atoms with Crippen molar-refractivity contribution in [3.05, 3.63) is 23.8 Å². The summed E-state index contributed by atoms with van der Waals surface area (Å²) in [5.74, 6) is 0.111. The minimum Gasteiger partial charge on any atom is -0.312 e. The third-order valence-electron chi connectivity index (χ3n) is 5.98. The highest BCUT2D eigenvalue weighted by Gasteiger charge is 2.24. The molecule has 3 rings (SSSR count). The number of sulfonamides is 1. The third kappa shape index (κ3) is 4.93. The summed E-state index contributed by atoms with van der Waals surface area (Å²) in [5, 5.41) is 0. The quantitative estimate of drug-likeness (QED) is 0.673. The Bertz CT molecular complexity index is 794. The van der Waals surface area contributed by atoms with Crippen LogP contribution in [0.1, 0.15) is 57.4 Å². The number of nitrogens with one attached hydrogen (secondary N) is 1. The van der Waals surface area contributed by atoms with Crippen LogP contribution >= 0.6 is 0 Å². The zero-order valence-electron chi connectivity index (χ0n) is 17.1. The monoisotopic (exact) mass is 407 g/mol. The number of aryl methyl sites for hydroxylation is 1. The average molecular weight is 408 g/mol. The fourth-order valence-corrected chi connectivity index (χ4v) is 5.55. The summed E-state index contributed by atoms with van der Waals surface area (Å²) in [7, 11) is -3.53. The number of carbonyl (C=O) groups is 1. The topological polar surface area (TPSA) is 69.7 Å². The number of rotatable bonds is 8. The van der Waals surface area contributed by atoms with Crippen LogP contribution in [0.4, 0.5) is 5.69 Å². The summed E-state index contributed by atoms with van der Waals surface area (Å²) in [4.78, 5) is 16.5. The van der Waals surface area contributed by atoms with Crippen molar-refractivity contribution in [3.63, 3.8) is 0 Å². The van der Waals surface area contributed by atoms with E-state index in [1.807, 2.05) is 6.92 Å². The SMILES string of the molecule is CC[C@H]1CCCCN1CCCNS(=O)(=O)c1ccc(N2CCCC2=O)c(C)c1. The van der Waals surface area contributed by atoms with E-state index in [2.05, 4.69) is 16.5 Å². The number of nitrogens with zero attached hydrogens (tertiary/aromatic N) is 2. The predicted octanol–water partition coefficient (Wildman–Crippen LogP) is 3.05. The van der Waals surface area contributed by atoms with E-state index in [0.717, 1.165) is 43.6 Å². The maximum atomic E-state index is 12.6. The summed E-state index contributed by atoms with van der Waals surface area (Å²) in [6.45, 7) is 7.31. The third-order valence-corrected chi connectivity index (χ3v) is 7.44. The van der Waals surface area contributed by atoms with Crippen LogP contribution in [0.15, 0.2) is 23.1 Å². The first-order valence-corrected chi connectivity index (χ1v) is 12.1. The molecule has 0 aliphatic carbocycles. The Hall–Kier alpha value is -1.44. The van der Waals surface area contributed by atoms with Crippen LogP contribution in [0, 0.1) is 6.92 Å². The lowest BCUT2D eigenvalue weighted by Gasteiger charge is -2.35. The lowest BCUT2D eigenvalue weighted by molar-refractivity contribution is -0.117. The second kappa shape index (κ2) is 9.37. The van der Waals surface area contributed by atoms with Crippen molar-refractivity contribution in [2.24, 2.45) is 0 Å². The van der Waals surface area contributed by atoms with Crippen molar-refractivity contribution in [3.8, 4) is 0 Å². The van der Waals surface area contributed by atoms with Gasteiger partial charge in [0.1, 0.15) is 0 Å². The Kier molecular flexibility index (Phi) is 7.12. The molecule has 0 radical (unpaired) electrons. The molecule has 2 saturated heterocycles. The van der Waals surface area contributed by atoms with Gasteiger partial charge in [-0.3, -0.25) is 4.79 Å². The number of piperidine rings is 1. The van der Waals surface area contributed by atoms with Gasteiger partial charge in [0.05, 0.1) is 4.90 Å². The maximum absolute atomic E-state index is 12.6. The Balaban J connectivity index is 1.55. The van der Waals surface area contributed by atoms with Gasteiger partial charge in [0, 0.05) is 31.2 Å². The van der Waals surface area contributed by atoms with Gasteiger partial charge in [-0.05, 0) is 75.9 Å². The molecule has 1 atom stereocenters. The molecule has 2 heterocycles. The van der Waals surface area contributed by atoms with Crippen molar-refractivity contribution in [2.45, 2.75) is 69.7 Å². The average Bonchev–Trinajstić information content (AvgIpc) is 3.11. The molecule has 6 nitrogen and oxygen atoms in total. The maximum Gasteiger partial charge on any atom is 0.240 e. The van der Waals surface area contributed by atoms with Crippen molar-refractivity contribution in [1.82, 2.24) is 9.62 Å². The first-order valence-electron chi connectivity index (χ1n) is 10.6. The summed E-state index contributed by atoms with van der Waals surface area (Å²) >= 11 is 0. The van der Waals surface area contributed by atoms with E-state index in [0.29, 0.717) is 25.6 Å². The van der Waals surface area contributed by atoms with Crippen LogP contribution in [0.3, 0.4) is 0 Å². The number of hydrogen-bond donors (Lipinski definition) is 1. The van der Waals surface area contributed by atoms with Crippen molar-refractivity contribution in [2.75, 3.05) is 31.1 Å². The highest BCUT2D eigenvalue weighted by atomic mass is 32.2. The minimum atomic E-state index is -3.53. The summed E-state index contributed by atoms with van der Waals surface area (Å²) in [5.41, 5.74) is 1.63. The van der Waals surface area contributed by atoms with Gasteiger partial charge in [0.25, 0.3) is 0 Å². The molecule has 0 spiro atoms. The molecular weight excluding hydrogens is 374 g/mol. The van der Waals surface area contributed by atoms with E-state index in [4.69, 9.17) is 0 Å². The van der Waals surface area contributed by atoms with Crippen LogP contribution in [-0.2, 0) is 14.8 Å². The zero-order chi connectivity index (χ0) is 20.1. The molecule has 1 aromatic carbocycles. The first-order chi connectivity index (χ1) is 13.4. The highest BCUT2D eigenvalue weighted by Crippen LogP contribution is 2.27. The van der Waals surface area contributed by atoms with Gasteiger partial charge in [-0.25, -0.2) is 13.1 Å². The van der Waals surface area contributed by atoms with Gasteiger partial charge < -0.3 is 9.80 Å². The minimum absolute atomic E-state index is 0.111. The molecule has 2 fully saturated rings. The standard InChI is InChI=1S/C21H33N3O3S/c1-3-18-8-4-5-13-23(18)14-7-12-22-28(26,27)19-10-11-20(17(2)16-19)24-15-6-9-21(24)25/h10-11,16,18,22H,3-9,12-15H2,1-2H3/t18-/m0/s1. The van der Waals surface area contributed by atoms with Gasteiger partial charge in [0.2, 0.25) is 15.9 Å². The number of likely N-dealkylation sites (tertiary alicyclic amines) is 1. The molecule has 28 heavy (non-hydrogen) atoms. The molecule has 1 N–H and O–H groups in total. The van der Waals surface area contributed by atoms with E-state index in [1.165, 1.54) is 19.3 Å². The second-order valence-electron chi connectivity index (χ2n) is 7.94. The second-order valence-corrected chi connectivity index (χ2v) is 9.71. The summed E-state index contributed by atoms with van der Waals surface area (Å²) < 4.78 is 28.0. The molecule has 1 amide bonds. The molecular formula is C21H33N3O3S. The van der Waals surface area contributed by atoms with Crippen molar-refractivity contribution in [1.29, 1.82) is 0 Å². The van der Waals surface area contributed by atoms with E-state index in [1.54, 1.807) is 23.1 Å². The molecule has 1 aromatic rings. The Morgan fingerprint density at radius 3 is 2.68 bits per heavy atom. The van der Waals surface area contributed by atoms with Crippen LogP contribution < -0.4 is 9.62 Å². The Morgan fingerprint density at radius 1 is 1.18 bits per heavy atom. The molecule has 156 valence electrons. The van der Waals surface area contributed by atoms with Crippen molar-refractivity contribution >= 4 is 21.6 Å². The van der Waals surface area contributed by atoms with E-state index >= 15 is 0 Å². The smallest absolute Gasteiger partial charge is 0.240 e. The Labute approximate surface area is 169 Å². The molecule has 0 saturated carbocycles.